The van der Waals surface area contributed by atoms with Crippen molar-refractivity contribution in [1.82, 2.24) is 9.55 Å². The van der Waals surface area contributed by atoms with Crippen LogP contribution in [-0.4, -0.2) is 9.55 Å². The molecular formula is C25H18ClN3OS. The molecule has 2 N–H and O–H groups in total. The fourth-order valence-corrected chi connectivity index (χ4v) is 5.54. The van der Waals surface area contributed by atoms with E-state index >= 15 is 0 Å². The summed E-state index contributed by atoms with van der Waals surface area (Å²) in [6, 6.07) is 19.2. The van der Waals surface area contributed by atoms with Crippen molar-refractivity contribution in [1.29, 1.82) is 0 Å². The second-order valence-electron chi connectivity index (χ2n) is 7.95. The summed E-state index contributed by atoms with van der Waals surface area (Å²) in [7, 11) is 0. The molecule has 3 heterocycles. The molecule has 2 aromatic carbocycles. The molecule has 1 fully saturated rings. The Labute approximate surface area is 187 Å². The smallest absolute Gasteiger partial charge is 0.265 e. The Balaban J connectivity index is 1.69. The van der Waals surface area contributed by atoms with E-state index in [2.05, 4.69) is 11.1 Å². The van der Waals surface area contributed by atoms with Gasteiger partial charge < -0.3 is 5.73 Å². The molecule has 0 aliphatic heterocycles. The first kappa shape index (κ1) is 18.6. The van der Waals surface area contributed by atoms with Gasteiger partial charge in [0.1, 0.15) is 0 Å². The third-order valence-corrected chi connectivity index (χ3v) is 7.43. The van der Waals surface area contributed by atoms with E-state index in [9.17, 15) is 4.79 Å². The highest BCUT2D eigenvalue weighted by atomic mass is 35.5. The van der Waals surface area contributed by atoms with Crippen LogP contribution in [0.1, 0.15) is 23.6 Å². The Kier molecular flexibility index (Phi) is 4.16. The van der Waals surface area contributed by atoms with Crippen LogP contribution in [0.4, 0.5) is 5.69 Å². The molecule has 152 valence electrons. The van der Waals surface area contributed by atoms with E-state index in [1.54, 1.807) is 34.2 Å². The molecule has 1 aliphatic rings. The SMILES string of the molecule is Nc1c(-c2ccc3ncccc3c2)c(=O)n(-c2ccc(Cl)cc2)c2cc(C3CC3)sc12. The van der Waals surface area contributed by atoms with Crippen LogP contribution in [-0.2, 0) is 0 Å². The number of thiophene rings is 1. The Morgan fingerprint density at radius 3 is 2.65 bits per heavy atom. The summed E-state index contributed by atoms with van der Waals surface area (Å²) >= 11 is 7.81. The fraction of sp³-hybridized carbons (Fsp3) is 0.120. The van der Waals surface area contributed by atoms with Crippen molar-refractivity contribution < 1.29 is 0 Å². The lowest BCUT2D eigenvalue weighted by atomic mass is 10.0. The Bertz CT molecular complexity index is 1530. The largest absolute Gasteiger partial charge is 0.397 e. The monoisotopic (exact) mass is 443 g/mol. The molecule has 0 radical (unpaired) electrons. The van der Waals surface area contributed by atoms with Crippen LogP contribution in [0.5, 0.6) is 0 Å². The van der Waals surface area contributed by atoms with Crippen molar-refractivity contribution >= 4 is 49.7 Å². The number of rotatable bonds is 3. The zero-order chi connectivity index (χ0) is 21.1. The van der Waals surface area contributed by atoms with E-state index in [0.717, 1.165) is 32.4 Å². The minimum absolute atomic E-state index is 0.129. The number of nitrogens with zero attached hydrogens (tertiary/aromatic N) is 2. The summed E-state index contributed by atoms with van der Waals surface area (Å²) in [5.74, 6) is 0.584. The third-order valence-electron chi connectivity index (χ3n) is 5.86. The zero-order valence-electron chi connectivity index (χ0n) is 16.5. The van der Waals surface area contributed by atoms with Crippen molar-refractivity contribution in [2.24, 2.45) is 0 Å². The maximum Gasteiger partial charge on any atom is 0.265 e. The van der Waals surface area contributed by atoms with Crippen LogP contribution in [0.25, 0.3) is 37.9 Å². The average molecular weight is 444 g/mol. The van der Waals surface area contributed by atoms with Crippen LogP contribution < -0.4 is 11.3 Å². The van der Waals surface area contributed by atoms with Gasteiger partial charge in [0.15, 0.2) is 0 Å². The normalized spacial score (nSPS) is 13.8. The molecule has 31 heavy (non-hydrogen) atoms. The quantitative estimate of drug-likeness (QED) is 0.352. The highest BCUT2D eigenvalue weighted by Gasteiger charge is 2.28. The molecule has 3 aromatic heterocycles. The molecule has 6 rings (SSSR count). The highest BCUT2D eigenvalue weighted by Crippen LogP contribution is 2.47. The maximum atomic E-state index is 13.9. The van der Waals surface area contributed by atoms with Gasteiger partial charge in [0.2, 0.25) is 0 Å². The lowest BCUT2D eigenvalue weighted by molar-refractivity contribution is 1.05. The second-order valence-corrected chi connectivity index (χ2v) is 9.47. The summed E-state index contributed by atoms with van der Waals surface area (Å²) in [5, 5.41) is 1.61. The van der Waals surface area contributed by atoms with Gasteiger partial charge in [-0.15, -0.1) is 11.3 Å². The number of hydrogen-bond donors (Lipinski definition) is 1. The summed E-state index contributed by atoms with van der Waals surface area (Å²) < 4.78 is 2.73. The van der Waals surface area contributed by atoms with Gasteiger partial charge in [-0.05, 0) is 72.9 Å². The number of anilines is 1. The van der Waals surface area contributed by atoms with Crippen LogP contribution in [0.2, 0.25) is 5.02 Å². The van der Waals surface area contributed by atoms with Crippen molar-refractivity contribution in [3.8, 4) is 16.8 Å². The minimum Gasteiger partial charge on any atom is -0.397 e. The number of halogens is 1. The molecule has 0 unspecified atom stereocenters. The molecule has 0 saturated heterocycles. The van der Waals surface area contributed by atoms with Crippen LogP contribution in [0, 0.1) is 0 Å². The van der Waals surface area contributed by atoms with Crippen LogP contribution in [0.15, 0.2) is 71.7 Å². The molecule has 4 nitrogen and oxygen atoms in total. The predicted octanol–water partition coefficient (Wildman–Crippen LogP) is 6.38. The summed E-state index contributed by atoms with van der Waals surface area (Å²) in [5.41, 5.74) is 10.9. The van der Waals surface area contributed by atoms with E-state index in [-0.39, 0.29) is 5.56 Å². The topological polar surface area (TPSA) is 60.9 Å². The second kappa shape index (κ2) is 6.94. The molecule has 6 heteroatoms. The molecular weight excluding hydrogens is 426 g/mol. The summed E-state index contributed by atoms with van der Waals surface area (Å²) in [6.45, 7) is 0. The Morgan fingerprint density at radius 2 is 1.87 bits per heavy atom. The number of benzene rings is 2. The number of hydrogen-bond acceptors (Lipinski definition) is 4. The van der Waals surface area contributed by atoms with Gasteiger partial charge in [-0.3, -0.25) is 14.3 Å². The minimum atomic E-state index is -0.129. The molecule has 0 atom stereocenters. The molecule has 5 aromatic rings. The maximum absolute atomic E-state index is 13.9. The first-order valence-corrected chi connectivity index (χ1v) is 11.4. The molecule has 1 saturated carbocycles. The third kappa shape index (κ3) is 3.04. The van der Waals surface area contributed by atoms with Gasteiger partial charge in [-0.1, -0.05) is 23.7 Å². The summed E-state index contributed by atoms with van der Waals surface area (Å²) in [4.78, 5) is 19.5. The van der Waals surface area contributed by atoms with Crippen molar-refractivity contribution in [3.63, 3.8) is 0 Å². The number of aromatic nitrogens is 2. The van der Waals surface area contributed by atoms with Gasteiger partial charge in [0.25, 0.3) is 5.56 Å². The van der Waals surface area contributed by atoms with Gasteiger partial charge in [-0.2, -0.15) is 0 Å². The van der Waals surface area contributed by atoms with E-state index in [1.165, 1.54) is 17.7 Å². The van der Waals surface area contributed by atoms with Gasteiger partial charge >= 0.3 is 0 Å². The van der Waals surface area contributed by atoms with Crippen molar-refractivity contribution in [3.05, 3.63) is 87.1 Å². The van der Waals surface area contributed by atoms with Gasteiger partial charge in [0, 0.05) is 27.2 Å². The standard InChI is InChI=1S/C25H18ClN3OS/c26-17-6-8-18(9-7-17)29-20-13-21(14-3-4-14)31-24(20)23(27)22(25(29)30)16-5-10-19-15(12-16)2-1-11-28-19/h1-2,5-14H,3-4,27H2. The van der Waals surface area contributed by atoms with Crippen LogP contribution in [0.3, 0.4) is 0 Å². The van der Waals surface area contributed by atoms with E-state index in [0.29, 0.717) is 22.2 Å². The van der Waals surface area contributed by atoms with Gasteiger partial charge in [-0.25, -0.2) is 0 Å². The van der Waals surface area contributed by atoms with Crippen molar-refractivity contribution in [2.75, 3.05) is 5.73 Å². The number of nitrogen functional groups attached to an aromatic ring is 1. The highest BCUT2D eigenvalue weighted by molar-refractivity contribution is 7.19. The molecule has 1 aliphatic carbocycles. The van der Waals surface area contributed by atoms with Crippen LogP contribution >= 0.6 is 22.9 Å². The lowest BCUT2D eigenvalue weighted by Gasteiger charge is -2.14. The Hall–Kier alpha value is -3.15. The molecule has 0 amide bonds. The Morgan fingerprint density at radius 1 is 1.06 bits per heavy atom. The fourth-order valence-electron chi connectivity index (χ4n) is 4.13. The summed E-state index contributed by atoms with van der Waals surface area (Å²) in [6.07, 6.45) is 4.16. The van der Waals surface area contributed by atoms with Crippen molar-refractivity contribution in [2.45, 2.75) is 18.8 Å². The number of fused-ring (bicyclic) bond motifs is 2. The average Bonchev–Trinajstić information content (AvgIpc) is 3.54. The zero-order valence-corrected chi connectivity index (χ0v) is 18.1. The molecule has 0 bridgehead atoms. The predicted molar refractivity (Wildman–Crippen MR) is 130 cm³/mol. The van der Waals surface area contributed by atoms with E-state index < -0.39 is 0 Å². The number of pyridine rings is 2. The molecule has 0 spiro atoms. The number of nitrogens with two attached hydrogens (primary N) is 1. The first-order valence-electron chi connectivity index (χ1n) is 10.2. The van der Waals surface area contributed by atoms with Gasteiger partial charge in [0.05, 0.1) is 27.0 Å². The lowest BCUT2D eigenvalue weighted by Crippen LogP contribution is -2.21. The van der Waals surface area contributed by atoms with E-state index in [1.807, 2.05) is 42.5 Å². The van der Waals surface area contributed by atoms with E-state index in [4.69, 9.17) is 17.3 Å². The first-order chi connectivity index (χ1) is 15.1.